The lowest BCUT2D eigenvalue weighted by Gasteiger charge is -2.20. The molecule has 0 saturated heterocycles. The fraction of sp³-hybridized carbons (Fsp3) is 0.300. The van der Waals surface area contributed by atoms with Crippen molar-refractivity contribution in [1.82, 2.24) is 5.32 Å². The first kappa shape index (κ1) is 19.3. The predicted octanol–water partition coefficient (Wildman–Crippen LogP) is 2.89. The number of ether oxygens (including phenoxy) is 2. The van der Waals surface area contributed by atoms with Crippen molar-refractivity contribution in [2.75, 3.05) is 14.2 Å². The first-order valence-corrected chi connectivity index (χ1v) is 8.22. The maximum absolute atomic E-state index is 12.5. The molecule has 26 heavy (non-hydrogen) atoms. The van der Waals surface area contributed by atoms with E-state index in [0.717, 1.165) is 11.1 Å². The van der Waals surface area contributed by atoms with Crippen LogP contribution in [0.1, 0.15) is 29.2 Å². The molecule has 1 unspecified atom stereocenters. The largest absolute Gasteiger partial charge is 0.497 e. The quantitative estimate of drug-likeness (QED) is 0.759. The Morgan fingerprint density at radius 2 is 1.85 bits per heavy atom. The minimum absolute atomic E-state index is 0.182. The second-order valence-electron chi connectivity index (χ2n) is 5.93. The Bertz CT molecular complexity index is 788. The van der Waals surface area contributed by atoms with Gasteiger partial charge in [-0.3, -0.25) is 9.59 Å². The Balaban J connectivity index is 2.23. The first-order chi connectivity index (χ1) is 12.4. The molecule has 0 heterocycles. The highest BCUT2D eigenvalue weighted by atomic mass is 16.5. The van der Waals surface area contributed by atoms with Crippen LogP contribution in [0.2, 0.25) is 0 Å². The zero-order valence-electron chi connectivity index (χ0n) is 15.1. The van der Waals surface area contributed by atoms with Gasteiger partial charge in [-0.2, -0.15) is 0 Å². The van der Waals surface area contributed by atoms with E-state index in [1.165, 1.54) is 14.2 Å². The van der Waals surface area contributed by atoms with Crippen molar-refractivity contribution in [2.45, 2.75) is 25.8 Å². The smallest absolute Gasteiger partial charge is 0.305 e. The number of rotatable bonds is 8. The second kappa shape index (κ2) is 8.89. The van der Waals surface area contributed by atoms with E-state index < -0.39 is 12.0 Å². The Morgan fingerprint density at radius 1 is 1.12 bits per heavy atom. The number of carboxylic acid groups (broad SMARTS) is 1. The van der Waals surface area contributed by atoms with Crippen LogP contribution in [0, 0.1) is 6.92 Å². The second-order valence-corrected chi connectivity index (χ2v) is 5.93. The van der Waals surface area contributed by atoms with E-state index in [9.17, 15) is 14.7 Å². The average Bonchev–Trinajstić information content (AvgIpc) is 2.62. The molecule has 6 nitrogen and oxygen atoms in total. The lowest BCUT2D eigenvalue weighted by atomic mass is 10.0. The van der Waals surface area contributed by atoms with Crippen LogP contribution in [0.25, 0.3) is 0 Å². The molecule has 0 aliphatic heterocycles. The third-order valence-electron chi connectivity index (χ3n) is 4.14. The van der Waals surface area contributed by atoms with Crippen LogP contribution >= 0.6 is 0 Å². The Morgan fingerprint density at radius 3 is 2.46 bits per heavy atom. The number of aliphatic carboxylic acids is 1. The van der Waals surface area contributed by atoms with Crippen LogP contribution < -0.4 is 14.8 Å². The summed E-state index contributed by atoms with van der Waals surface area (Å²) in [6, 6.07) is 12.0. The molecule has 2 N–H and O–H groups in total. The van der Waals surface area contributed by atoms with E-state index >= 15 is 0 Å². The van der Waals surface area contributed by atoms with Crippen molar-refractivity contribution in [1.29, 1.82) is 0 Å². The highest BCUT2D eigenvalue weighted by Crippen LogP contribution is 2.31. The van der Waals surface area contributed by atoms with E-state index in [4.69, 9.17) is 9.47 Å². The maximum Gasteiger partial charge on any atom is 0.305 e. The van der Waals surface area contributed by atoms with Crippen molar-refractivity contribution in [2.24, 2.45) is 0 Å². The van der Waals surface area contributed by atoms with Crippen molar-refractivity contribution in [3.05, 3.63) is 59.2 Å². The number of hydrogen-bond acceptors (Lipinski definition) is 4. The summed E-state index contributed by atoms with van der Waals surface area (Å²) < 4.78 is 10.5. The van der Waals surface area contributed by atoms with E-state index in [1.807, 2.05) is 31.2 Å². The summed E-state index contributed by atoms with van der Waals surface area (Å²) in [6.07, 6.45) is -0.0660. The van der Waals surface area contributed by atoms with Gasteiger partial charge in [-0.1, -0.05) is 24.3 Å². The molecule has 0 aliphatic carbocycles. The molecule has 0 bridgehead atoms. The third kappa shape index (κ3) is 4.99. The van der Waals surface area contributed by atoms with Crippen LogP contribution in [-0.2, 0) is 16.0 Å². The van der Waals surface area contributed by atoms with Crippen molar-refractivity contribution < 1.29 is 24.2 Å². The van der Waals surface area contributed by atoms with Gasteiger partial charge in [0.2, 0.25) is 5.91 Å². The van der Waals surface area contributed by atoms with Crippen LogP contribution in [0.3, 0.4) is 0 Å². The Hall–Kier alpha value is -3.02. The molecule has 6 heteroatoms. The third-order valence-corrected chi connectivity index (χ3v) is 4.14. The summed E-state index contributed by atoms with van der Waals surface area (Å²) >= 11 is 0. The van der Waals surface area contributed by atoms with Gasteiger partial charge in [-0.15, -0.1) is 0 Å². The lowest BCUT2D eigenvalue weighted by molar-refractivity contribution is -0.137. The van der Waals surface area contributed by atoms with Gasteiger partial charge in [0.05, 0.1) is 33.1 Å². The van der Waals surface area contributed by atoms with Gasteiger partial charge in [0, 0.05) is 11.6 Å². The highest BCUT2D eigenvalue weighted by Gasteiger charge is 2.22. The molecule has 1 amide bonds. The monoisotopic (exact) mass is 357 g/mol. The average molecular weight is 357 g/mol. The molecule has 0 aromatic heterocycles. The molecular formula is C20H23NO5. The van der Waals surface area contributed by atoms with E-state index in [0.29, 0.717) is 17.1 Å². The number of hydrogen-bond donors (Lipinski definition) is 2. The maximum atomic E-state index is 12.5. The number of methoxy groups -OCH3 is 2. The topological polar surface area (TPSA) is 84.9 Å². The Kier molecular flexibility index (Phi) is 6.60. The lowest BCUT2D eigenvalue weighted by Crippen LogP contribution is -2.31. The van der Waals surface area contributed by atoms with Gasteiger partial charge in [0.15, 0.2) is 0 Å². The summed E-state index contributed by atoms with van der Waals surface area (Å²) in [6.45, 7) is 1.93. The number of carbonyl (C=O) groups is 2. The van der Waals surface area contributed by atoms with Gasteiger partial charge in [-0.05, 0) is 30.2 Å². The zero-order valence-corrected chi connectivity index (χ0v) is 15.1. The van der Waals surface area contributed by atoms with E-state index in [2.05, 4.69) is 5.32 Å². The highest BCUT2D eigenvalue weighted by molar-refractivity contribution is 5.80. The molecule has 0 radical (unpaired) electrons. The van der Waals surface area contributed by atoms with Gasteiger partial charge in [-0.25, -0.2) is 0 Å². The van der Waals surface area contributed by atoms with Crippen LogP contribution in [0.4, 0.5) is 0 Å². The Labute approximate surface area is 152 Å². The number of carboxylic acids is 1. The van der Waals surface area contributed by atoms with Crippen molar-refractivity contribution in [3.63, 3.8) is 0 Å². The van der Waals surface area contributed by atoms with Crippen molar-refractivity contribution >= 4 is 11.9 Å². The summed E-state index contributed by atoms with van der Waals surface area (Å²) in [5, 5.41) is 12.1. The van der Waals surface area contributed by atoms with Gasteiger partial charge in [0.25, 0.3) is 0 Å². The molecule has 0 aliphatic rings. The summed E-state index contributed by atoms with van der Waals surface area (Å²) in [5.74, 6) is -0.204. The number of carbonyl (C=O) groups excluding carboxylic acids is 1. The van der Waals surface area contributed by atoms with Gasteiger partial charge >= 0.3 is 5.97 Å². The summed E-state index contributed by atoms with van der Waals surface area (Å²) in [7, 11) is 3.03. The van der Waals surface area contributed by atoms with E-state index in [-0.39, 0.29) is 18.7 Å². The molecule has 2 aromatic carbocycles. The standard InChI is InChI=1S/C20H23NO5/c1-13-6-4-5-7-14(13)10-19(22)21-17(12-20(23)24)16-9-8-15(25-2)11-18(16)26-3/h4-9,11,17H,10,12H2,1-3H3,(H,21,22)(H,23,24). The number of nitrogens with one attached hydrogen (secondary N) is 1. The number of benzene rings is 2. The number of amides is 1. The molecule has 2 rings (SSSR count). The molecule has 2 aromatic rings. The first-order valence-electron chi connectivity index (χ1n) is 8.22. The summed E-state index contributed by atoms with van der Waals surface area (Å²) in [5.41, 5.74) is 2.51. The minimum Gasteiger partial charge on any atom is -0.497 e. The molecule has 1 atom stereocenters. The summed E-state index contributed by atoms with van der Waals surface area (Å²) in [4.78, 5) is 23.8. The minimum atomic E-state index is -1.01. The SMILES string of the molecule is COc1ccc(C(CC(=O)O)NC(=O)Cc2ccccc2C)c(OC)c1. The normalized spacial score (nSPS) is 11.5. The van der Waals surface area contributed by atoms with Crippen molar-refractivity contribution in [3.8, 4) is 11.5 Å². The molecule has 0 saturated carbocycles. The van der Waals surface area contributed by atoms with Gasteiger partial charge in [0.1, 0.15) is 11.5 Å². The molecule has 0 fully saturated rings. The molecule has 0 spiro atoms. The van der Waals surface area contributed by atoms with Crippen LogP contribution in [-0.4, -0.2) is 31.2 Å². The molecular weight excluding hydrogens is 334 g/mol. The van der Waals surface area contributed by atoms with Crippen LogP contribution in [0.5, 0.6) is 11.5 Å². The number of aryl methyl sites for hydroxylation is 1. The fourth-order valence-electron chi connectivity index (χ4n) is 2.75. The predicted molar refractivity (Wildman–Crippen MR) is 97.6 cm³/mol. The van der Waals surface area contributed by atoms with Crippen LogP contribution in [0.15, 0.2) is 42.5 Å². The molecule has 138 valence electrons. The van der Waals surface area contributed by atoms with E-state index in [1.54, 1.807) is 18.2 Å². The zero-order chi connectivity index (χ0) is 19.1. The van der Waals surface area contributed by atoms with Gasteiger partial charge < -0.3 is 19.9 Å². The fourth-order valence-corrected chi connectivity index (χ4v) is 2.75.